The maximum absolute atomic E-state index is 9.00. The van der Waals surface area contributed by atoms with Gasteiger partial charge < -0.3 is 9.80 Å². The summed E-state index contributed by atoms with van der Waals surface area (Å²) < 4.78 is 0. The van der Waals surface area contributed by atoms with Crippen LogP contribution in [0.1, 0.15) is 38.2 Å². The minimum atomic E-state index is 0.344. The first-order valence-corrected chi connectivity index (χ1v) is 7.04. The van der Waals surface area contributed by atoms with Crippen LogP contribution in [0.15, 0.2) is 36.7 Å². The molecule has 0 aromatic heterocycles. The Kier molecular flexibility index (Phi) is 3.16. The zero-order chi connectivity index (χ0) is 13.2. The highest BCUT2D eigenvalue weighted by Crippen LogP contribution is 2.32. The van der Waals surface area contributed by atoms with Gasteiger partial charge in [0.05, 0.1) is 11.6 Å². The smallest absolute Gasteiger partial charge is 0.103 e. The first kappa shape index (κ1) is 12.1. The molecule has 3 heteroatoms. The second kappa shape index (κ2) is 4.97. The topological polar surface area (TPSA) is 30.3 Å². The summed E-state index contributed by atoms with van der Waals surface area (Å²) in [4.78, 5) is 4.71. The van der Waals surface area contributed by atoms with Crippen molar-refractivity contribution in [3.05, 3.63) is 42.2 Å². The Morgan fingerprint density at radius 2 is 2.00 bits per heavy atom. The van der Waals surface area contributed by atoms with Crippen LogP contribution in [0, 0.1) is 11.3 Å². The minimum Gasteiger partial charge on any atom is -0.353 e. The molecule has 1 fully saturated rings. The van der Waals surface area contributed by atoms with Gasteiger partial charge in [0.15, 0.2) is 0 Å². The molecule has 19 heavy (non-hydrogen) atoms. The highest BCUT2D eigenvalue weighted by molar-refractivity contribution is 5.55. The molecule has 1 heterocycles. The van der Waals surface area contributed by atoms with E-state index in [0.29, 0.717) is 12.2 Å². The quantitative estimate of drug-likeness (QED) is 0.808. The van der Waals surface area contributed by atoms with Gasteiger partial charge >= 0.3 is 0 Å². The van der Waals surface area contributed by atoms with Crippen molar-refractivity contribution in [2.75, 3.05) is 4.90 Å². The van der Waals surface area contributed by atoms with Crippen molar-refractivity contribution in [2.24, 2.45) is 0 Å². The van der Waals surface area contributed by atoms with Crippen molar-refractivity contribution in [1.29, 1.82) is 5.26 Å². The Morgan fingerprint density at radius 3 is 2.74 bits per heavy atom. The summed E-state index contributed by atoms with van der Waals surface area (Å²) in [6, 6.07) is 10.7. The van der Waals surface area contributed by atoms with Gasteiger partial charge in [-0.1, -0.05) is 18.9 Å². The molecule has 3 nitrogen and oxygen atoms in total. The van der Waals surface area contributed by atoms with E-state index < -0.39 is 0 Å². The third kappa shape index (κ3) is 2.19. The molecule has 1 aromatic carbocycles. The van der Waals surface area contributed by atoms with Crippen LogP contribution in [0.3, 0.4) is 0 Å². The van der Waals surface area contributed by atoms with E-state index in [4.69, 9.17) is 5.26 Å². The Morgan fingerprint density at radius 1 is 1.21 bits per heavy atom. The molecule has 0 radical (unpaired) electrons. The van der Waals surface area contributed by atoms with Gasteiger partial charge in [0, 0.05) is 24.1 Å². The van der Waals surface area contributed by atoms with Crippen LogP contribution < -0.4 is 4.90 Å². The second-order valence-electron chi connectivity index (χ2n) is 5.38. The van der Waals surface area contributed by atoms with Crippen LogP contribution in [0.25, 0.3) is 0 Å². The fourth-order valence-electron chi connectivity index (χ4n) is 3.21. The van der Waals surface area contributed by atoms with Gasteiger partial charge in [0.1, 0.15) is 6.17 Å². The number of nitrogens with zero attached hydrogens (tertiary/aromatic N) is 3. The average molecular weight is 253 g/mol. The Balaban J connectivity index is 1.80. The van der Waals surface area contributed by atoms with Gasteiger partial charge in [-0.15, -0.1) is 0 Å². The lowest BCUT2D eigenvalue weighted by molar-refractivity contribution is 0.237. The lowest BCUT2D eigenvalue weighted by atomic mass is 10.2. The zero-order valence-corrected chi connectivity index (χ0v) is 11.3. The van der Waals surface area contributed by atoms with Crippen molar-refractivity contribution in [3.8, 4) is 6.07 Å². The molecule has 0 unspecified atom stereocenters. The number of nitriles is 1. The van der Waals surface area contributed by atoms with Crippen molar-refractivity contribution >= 4 is 5.69 Å². The molecule has 3 rings (SSSR count). The third-order valence-corrected chi connectivity index (χ3v) is 4.25. The number of rotatable bonds is 2. The highest BCUT2D eigenvalue weighted by Gasteiger charge is 2.30. The molecule has 1 aliphatic heterocycles. The molecule has 1 saturated carbocycles. The van der Waals surface area contributed by atoms with E-state index in [1.54, 1.807) is 0 Å². The molecular weight excluding hydrogens is 234 g/mol. The van der Waals surface area contributed by atoms with Crippen molar-refractivity contribution < 1.29 is 0 Å². The summed E-state index contributed by atoms with van der Waals surface area (Å²) >= 11 is 0. The zero-order valence-electron chi connectivity index (χ0n) is 11.3. The summed E-state index contributed by atoms with van der Waals surface area (Å²) in [5, 5.41) is 9.00. The molecule has 1 aliphatic carbocycles. The molecule has 2 aliphatic rings. The first-order valence-electron chi connectivity index (χ1n) is 7.04. The number of hydrogen-bond donors (Lipinski definition) is 0. The molecule has 0 amide bonds. The summed E-state index contributed by atoms with van der Waals surface area (Å²) in [6.07, 6.45) is 10.0. The van der Waals surface area contributed by atoms with Gasteiger partial charge in [-0.2, -0.15) is 5.26 Å². The van der Waals surface area contributed by atoms with Crippen molar-refractivity contribution in [2.45, 2.75) is 44.8 Å². The van der Waals surface area contributed by atoms with E-state index in [2.05, 4.69) is 41.3 Å². The van der Waals surface area contributed by atoms with E-state index >= 15 is 0 Å². The number of anilines is 1. The Labute approximate surface area is 114 Å². The monoisotopic (exact) mass is 253 g/mol. The van der Waals surface area contributed by atoms with Crippen LogP contribution in [0.2, 0.25) is 0 Å². The molecule has 1 aromatic rings. The molecule has 1 atom stereocenters. The van der Waals surface area contributed by atoms with E-state index in [9.17, 15) is 0 Å². The predicted molar refractivity (Wildman–Crippen MR) is 76.3 cm³/mol. The largest absolute Gasteiger partial charge is 0.353 e. The Bertz CT molecular complexity index is 523. The van der Waals surface area contributed by atoms with Crippen molar-refractivity contribution in [1.82, 2.24) is 4.90 Å². The summed E-state index contributed by atoms with van der Waals surface area (Å²) in [6.45, 7) is 2.23. The van der Waals surface area contributed by atoms with Gasteiger partial charge in [0.25, 0.3) is 0 Å². The second-order valence-corrected chi connectivity index (χ2v) is 5.38. The number of hydrogen-bond acceptors (Lipinski definition) is 3. The molecule has 0 spiro atoms. The SMILES string of the molecule is C[C@H]1N(c2cccc(C#N)c2)C=CN1C1CCCC1. The number of benzene rings is 1. The van der Waals surface area contributed by atoms with Gasteiger partial charge in [-0.3, -0.25) is 0 Å². The fraction of sp³-hybridized carbons (Fsp3) is 0.438. The minimum absolute atomic E-state index is 0.344. The van der Waals surface area contributed by atoms with Crippen LogP contribution in [-0.2, 0) is 0 Å². The highest BCUT2D eigenvalue weighted by atomic mass is 15.4. The van der Waals surface area contributed by atoms with Crippen LogP contribution >= 0.6 is 0 Å². The Hall–Kier alpha value is -1.95. The van der Waals surface area contributed by atoms with Crippen LogP contribution in [-0.4, -0.2) is 17.1 Å². The summed E-state index contributed by atoms with van der Waals surface area (Å²) in [7, 11) is 0. The standard InChI is InChI=1S/C16H19N3/c1-13-18(15-6-2-3-7-15)9-10-19(13)16-8-4-5-14(11-16)12-17/h4-5,8-11,13,15H,2-3,6-7H2,1H3/t13-/m1/s1. The van der Waals surface area contributed by atoms with Gasteiger partial charge in [0.2, 0.25) is 0 Å². The first-order chi connectivity index (χ1) is 9.29. The normalized spacial score (nSPS) is 23.1. The van der Waals surface area contributed by atoms with E-state index in [-0.39, 0.29) is 0 Å². The molecule has 98 valence electrons. The maximum atomic E-state index is 9.00. The molecule has 0 N–H and O–H groups in total. The molecular formula is C16H19N3. The van der Waals surface area contributed by atoms with Gasteiger partial charge in [-0.25, -0.2) is 0 Å². The predicted octanol–water partition coefficient (Wildman–Crippen LogP) is 3.44. The lowest BCUT2D eigenvalue weighted by Gasteiger charge is -2.34. The van der Waals surface area contributed by atoms with Crippen LogP contribution in [0.5, 0.6) is 0 Å². The van der Waals surface area contributed by atoms with Crippen LogP contribution in [0.4, 0.5) is 5.69 Å². The van der Waals surface area contributed by atoms with E-state index in [1.165, 1.54) is 25.7 Å². The summed E-state index contributed by atoms with van der Waals surface area (Å²) in [5.41, 5.74) is 1.82. The average Bonchev–Trinajstić information content (AvgIpc) is 3.08. The summed E-state index contributed by atoms with van der Waals surface area (Å²) in [5.74, 6) is 0. The maximum Gasteiger partial charge on any atom is 0.103 e. The fourth-order valence-corrected chi connectivity index (χ4v) is 3.21. The van der Waals surface area contributed by atoms with E-state index in [1.807, 2.05) is 18.2 Å². The third-order valence-electron chi connectivity index (χ3n) is 4.25. The molecule has 0 saturated heterocycles. The van der Waals surface area contributed by atoms with Crippen molar-refractivity contribution in [3.63, 3.8) is 0 Å². The van der Waals surface area contributed by atoms with E-state index in [0.717, 1.165) is 11.3 Å². The lowest BCUT2D eigenvalue weighted by Crippen LogP contribution is -2.40. The van der Waals surface area contributed by atoms with Gasteiger partial charge in [-0.05, 0) is 38.0 Å². The molecule has 0 bridgehead atoms.